The summed E-state index contributed by atoms with van der Waals surface area (Å²) in [6, 6.07) is 17.9. The second-order valence-corrected chi connectivity index (χ2v) is 13.8. The summed E-state index contributed by atoms with van der Waals surface area (Å²) in [7, 11) is -4.20. The van der Waals surface area contributed by atoms with Crippen LogP contribution in [0.15, 0.2) is 82.6 Å². The van der Waals surface area contributed by atoms with Crippen LogP contribution in [0.2, 0.25) is 0 Å². The molecule has 8 nitrogen and oxygen atoms in total. The Bertz CT molecular complexity index is 1510. The zero-order chi connectivity index (χ0) is 32.4. The van der Waals surface area contributed by atoms with Gasteiger partial charge < -0.3 is 15.0 Å². The molecule has 1 fully saturated rings. The van der Waals surface area contributed by atoms with E-state index >= 15 is 0 Å². The summed E-state index contributed by atoms with van der Waals surface area (Å²) in [5.74, 6) is -0.678. The van der Waals surface area contributed by atoms with Gasteiger partial charge in [-0.1, -0.05) is 38.3 Å². The molecule has 1 atom stereocenters. The van der Waals surface area contributed by atoms with E-state index in [1.54, 1.807) is 48.5 Å². The lowest BCUT2D eigenvalue weighted by molar-refractivity contribution is -0.140. The number of anilines is 1. The molecule has 0 unspecified atom stereocenters. The van der Waals surface area contributed by atoms with Crippen molar-refractivity contribution >= 4 is 39.3 Å². The number of hydrogen-bond acceptors (Lipinski definition) is 6. The third-order valence-electron chi connectivity index (χ3n) is 7.97. The van der Waals surface area contributed by atoms with Gasteiger partial charge in [-0.25, -0.2) is 12.8 Å². The van der Waals surface area contributed by atoms with E-state index in [9.17, 15) is 22.4 Å². The first-order valence-corrected chi connectivity index (χ1v) is 18.1. The molecule has 3 aromatic rings. The Kier molecular flexibility index (Phi) is 12.3. The third kappa shape index (κ3) is 9.00. The molecule has 0 bridgehead atoms. The predicted molar refractivity (Wildman–Crippen MR) is 176 cm³/mol. The van der Waals surface area contributed by atoms with Crippen LogP contribution in [-0.4, -0.2) is 56.6 Å². The number of amides is 2. The average Bonchev–Trinajstić information content (AvgIpc) is 3.05. The summed E-state index contributed by atoms with van der Waals surface area (Å²) in [6.45, 7) is 3.59. The molecule has 1 aliphatic rings. The number of benzene rings is 3. The van der Waals surface area contributed by atoms with Gasteiger partial charge in [0.1, 0.15) is 24.2 Å². The number of halogens is 1. The molecule has 11 heteroatoms. The van der Waals surface area contributed by atoms with Crippen molar-refractivity contribution in [2.75, 3.05) is 23.7 Å². The SMILES string of the molecule is CCOc1ccc(N(CC(=O)N(Cc2ccc(F)cc2)[C@H](CC)C(=O)NC2CCCCC2)S(=O)(=O)c2ccc(SC)cc2)cc1. The summed E-state index contributed by atoms with van der Waals surface area (Å²) >= 11 is 1.49. The topological polar surface area (TPSA) is 96.0 Å². The Balaban J connectivity index is 1.70. The van der Waals surface area contributed by atoms with Gasteiger partial charge in [-0.3, -0.25) is 13.9 Å². The van der Waals surface area contributed by atoms with Gasteiger partial charge in [0.25, 0.3) is 10.0 Å². The molecule has 1 saturated carbocycles. The van der Waals surface area contributed by atoms with Crippen LogP contribution < -0.4 is 14.4 Å². The quantitative estimate of drug-likeness (QED) is 0.202. The van der Waals surface area contributed by atoms with E-state index in [0.29, 0.717) is 24.3 Å². The second kappa shape index (κ2) is 16.1. The van der Waals surface area contributed by atoms with E-state index in [2.05, 4.69) is 5.32 Å². The molecule has 0 aromatic heterocycles. The highest BCUT2D eigenvalue weighted by Crippen LogP contribution is 2.28. The molecule has 0 aliphatic heterocycles. The molecule has 45 heavy (non-hydrogen) atoms. The number of ether oxygens (including phenoxy) is 1. The van der Waals surface area contributed by atoms with Crippen LogP contribution in [0.25, 0.3) is 0 Å². The van der Waals surface area contributed by atoms with E-state index in [4.69, 9.17) is 4.74 Å². The molecule has 0 spiro atoms. The lowest BCUT2D eigenvalue weighted by atomic mass is 9.95. The Morgan fingerprint density at radius 3 is 2.18 bits per heavy atom. The third-order valence-corrected chi connectivity index (χ3v) is 10.5. The van der Waals surface area contributed by atoms with Gasteiger partial charge in [-0.05, 0) is 98.7 Å². The molecule has 0 saturated heterocycles. The Labute approximate surface area is 270 Å². The molecule has 3 aromatic carbocycles. The fraction of sp³-hybridized carbons (Fsp3) is 0.412. The zero-order valence-electron chi connectivity index (χ0n) is 26.1. The van der Waals surface area contributed by atoms with Crippen molar-refractivity contribution in [1.29, 1.82) is 0 Å². The van der Waals surface area contributed by atoms with E-state index in [-0.39, 0.29) is 29.1 Å². The number of thioether (sulfide) groups is 1. The molecule has 242 valence electrons. The highest BCUT2D eigenvalue weighted by Gasteiger charge is 2.34. The maximum Gasteiger partial charge on any atom is 0.264 e. The first-order chi connectivity index (χ1) is 21.7. The number of nitrogens with one attached hydrogen (secondary N) is 1. The molecule has 2 amide bonds. The van der Waals surface area contributed by atoms with Gasteiger partial charge in [0.2, 0.25) is 11.8 Å². The maximum absolute atomic E-state index is 14.3. The Hall–Kier alpha value is -3.57. The van der Waals surface area contributed by atoms with E-state index in [1.807, 2.05) is 20.1 Å². The van der Waals surface area contributed by atoms with Gasteiger partial charge in [-0.15, -0.1) is 11.8 Å². The molecule has 0 radical (unpaired) electrons. The molecule has 1 N–H and O–H groups in total. The maximum atomic E-state index is 14.3. The normalized spacial score (nSPS) is 14.4. The van der Waals surface area contributed by atoms with E-state index in [0.717, 1.165) is 41.3 Å². The largest absolute Gasteiger partial charge is 0.494 e. The van der Waals surface area contributed by atoms with Crippen LogP contribution in [-0.2, 0) is 26.2 Å². The first kappa shape index (κ1) is 34.3. The fourth-order valence-corrected chi connectivity index (χ4v) is 7.35. The standard InChI is InChI=1S/C34H42FN3O5S2/c1-4-32(34(40)36-27-9-7-6-8-10-27)37(23-25-11-13-26(35)14-12-25)33(39)24-38(28-15-17-29(18-16-28)43-5-2)45(41,42)31-21-19-30(44-3)20-22-31/h11-22,27,32H,4-10,23-24H2,1-3H3,(H,36,40)/t32-/m1/s1. The monoisotopic (exact) mass is 655 g/mol. The summed E-state index contributed by atoms with van der Waals surface area (Å²) in [6.07, 6.45) is 7.19. The molecular formula is C34H42FN3O5S2. The second-order valence-electron chi connectivity index (χ2n) is 11.0. The minimum atomic E-state index is -4.20. The fourth-order valence-electron chi connectivity index (χ4n) is 5.53. The van der Waals surface area contributed by atoms with Crippen LogP contribution in [0.5, 0.6) is 5.75 Å². The summed E-state index contributed by atoms with van der Waals surface area (Å²) in [4.78, 5) is 30.3. The average molecular weight is 656 g/mol. The van der Waals surface area contributed by atoms with Gasteiger partial charge in [0.05, 0.1) is 17.2 Å². The minimum Gasteiger partial charge on any atom is -0.494 e. The van der Waals surface area contributed by atoms with Crippen molar-refractivity contribution in [1.82, 2.24) is 10.2 Å². The van der Waals surface area contributed by atoms with Gasteiger partial charge in [0.15, 0.2) is 0 Å². The predicted octanol–water partition coefficient (Wildman–Crippen LogP) is 6.40. The van der Waals surface area contributed by atoms with Crippen LogP contribution in [0.4, 0.5) is 10.1 Å². The van der Waals surface area contributed by atoms with Crippen LogP contribution in [0.3, 0.4) is 0 Å². The number of carbonyl (C=O) groups is 2. The van der Waals surface area contributed by atoms with Crippen molar-refractivity contribution < 1.29 is 27.1 Å². The summed E-state index contributed by atoms with van der Waals surface area (Å²) < 4.78 is 48.6. The molecule has 1 aliphatic carbocycles. The highest BCUT2D eigenvalue weighted by molar-refractivity contribution is 7.98. The Morgan fingerprint density at radius 2 is 1.60 bits per heavy atom. The Morgan fingerprint density at radius 1 is 0.956 bits per heavy atom. The van der Waals surface area contributed by atoms with Crippen LogP contribution in [0, 0.1) is 5.82 Å². The van der Waals surface area contributed by atoms with Gasteiger partial charge in [-0.2, -0.15) is 0 Å². The minimum absolute atomic E-state index is 0.00922. The first-order valence-electron chi connectivity index (χ1n) is 15.4. The summed E-state index contributed by atoms with van der Waals surface area (Å²) in [5.41, 5.74) is 0.902. The number of hydrogen-bond donors (Lipinski definition) is 1. The van der Waals surface area contributed by atoms with Gasteiger partial charge >= 0.3 is 0 Å². The smallest absolute Gasteiger partial charge is 0.264 e. The molecular weight excluding hydrogens is 614 g/mol. The van der Waals surface area contributed by atoms with Gasteiger partial charge in [0, 0.05) is 17.5 Å². The molecule has 4 rings (SSSR count). The highest BCUT2D eigenvalue weighted by atomic mass is 32.2. The van der Waals surface area contributed by atoms with Crippen molar-refractivity contribution in [3.05, 3.63) is 84.2 Å². The lowest BCUT2D eigenvalue weighted by Crippen LogP contribution is -2.54. The number of carbonyl (C=O) groups excluding carboxylic acids is 2. The van der Waals surface area contributed by atoms with Crippen LogP contribution >= 0.6 is 11.8 Å². The number of rotatable bonds is 14. The lowest BCUT2D eigenvalue weighted by Gasteiger charge is -2.34. The van der Waals surface area contributed by atoms with Crippen molar-refractivity contribution in [2.24, 2.45) is 0 Å². The van der Waals surface area contributed by atoms with E-state index < -0.39 is 34.3 Å². The van der Waals surface area contributed by atoms with Crippen molar-refractivity contribution in [3.63, 3.8) is 0 Å². The van der Waals surface area contributed by atoms with Crippen molar-refractivity contribution in [3.8, 4) is 5.75 Å². The molecule has 0 heterocycles. The van der Waals surface area contributed by atoms with Crippen molar-refractivity contribution in [2.45, 2.75) is 80.8 Å². The number of sulfonamides is 1. The number of nitrogens with zero attached hydrogens (tertiary/aromatic N) is 2. The summed E-state index contributed by atoms with van der Waals surface area (Å²) in [5, 5.41) is 3.13. The van der Waals surface area contributed by atoms with E-state index in [1.165, 1.54) is 40.9 Å². The zero-order valence-corrected chi connectivity index (χ0v) is 27.7. The van der Waals surface area contributed by atoms with Crippen LogP contribution in [0.1, 0.15) is 57.9 Å².